The van der Waals surface area contributed by atoms with E-state index in [1.165, 1.54) is 165 Å². The van der Waals surface area contributed by atoms with E-state index in [0.29, 0.717) is 4.05 Å². The summed E-state index contributed by atoms with van der Waals surface area (Å²) in [4.78, 5) is 0. The van der Waals surface area contributed by atoms with Crippen LogP contribution in [0.2, 0.25) is 0 Å². The Labute approximate surface area is 236 Å². The van der Waals surface area contributed by atoms with Gasteiger partial charge in [-0.05, 0) is 44.4 Å². The van der Waals surface area contributed by atoms with Crippen molar-refractivity contribution in [3.8, 4) is 12.3 Å². The third-order valence-electron chi connectivity index (χ3n) is 7.49. The Bertz CT molecular complexity index is 418. The van der Waals surface area contributed by atoms with E-state index < -0.39 is 0 Å². The van der Waals surface area contributed by atoms with Gasteiger partial charge in [0.05, 0.1) is 19.6 Å². The fourth-order valence-corrected chi connectivity index (χ4v) is 6.00. The molecule has 1 unspecified atom stereocenters. The summed E-state index contributed by atoms with van der Waals surface area (Å²) in [5.41, 5.74) is 0. The Kier molecular flexibility index (Phi) is 30.3. The topological polar surface area (TPSA) is 0 Å². The molecule has 0 fully saturated rings. The average molecular weight is 610 g/mol. The molecule has 0 heterocycles. The highest BCUT2D eigenvalue weighted by molar-refractivity contribution is 14.1. The Hall–Kier alpha value is 0.540. The van der Waals surface area contributed by atoms with Crippen LogP contribution in [0.1, 0.15) is 162 Å². The summed E-state index contributed by atoms with van der Waals surface area (Å²) in [6.07, 6.45) is 36.8. The highest BCUT2D eigenvalue weighted by Gasteiger charge is 2.32. The second-order valence-electron chi connectivity index (χ2n) is 10.6. The zero-order chi connectivity index (χ0) is 24.5. The molecule has 0 aliphatic heterocycles. The molecule has 0 bridgehead atoms. The van der Waals surface area contributed by atoms with Gasteiger partial charge in [-0.1, -0.05) is 124 Å². The van der Waals surface area contributed by atoms with Gasteiger partial charge >= 0.3 is 0 Å². The highest BCUT2D eigenvalue weighted by Crippen LogP contribution is 2.25. The molecule has 3 heteroatoms. The smallest absolute Gasteiger partial charge is 0.200 e. The van der Waals surface area contributed by atoms with E-state index >= 15 is 0 Å². The van der Waals surface area contributed by atoms with E-state index in [-0.39, 0.29) is 12.4 Å². The molecule has 34 heavy (non-hydrogen) atoms. The minimum Gasteiger partial charge on any atom is -1.00 e. The lowest BCUT2D eigenvalue weighted by Gasteiger charge is -2.41. The van der Waals surface area contributed by atoms with Crippen LogP contribution >= 0.6 is 22.6 Å². The van der Waals surface area contributed by atoms with Crippen LogP contribution in [0.5, 0.6) is 0 Å². The molecule has 1 nitrogen and oxygen atoms in total. The molecular weight excluding hydrogens is 549 g/mol. The van der Waals surface area contributed by atoms with Crippen LogP contribution in [0.3, 0.4) is 0 Å². The number of quaternary nitrogens is 1. The Morgan fingerprint density at radius 1 is 0.500 bits per heavy atom. The van der Waals surface area contributed by atoms with Crippen molar-refractivity contribution >= 4 is 22.6 Å². The first kappa shape index (κ1) is 36.7. The maximum atomic E-state index is 6.04. The van der Waals surface area contributed by atoms with Gasteiger partial charge in [-0.25, -0.2) is 0 Å². The quantitative estimate of drug-likeness (QED) is 0.0234. The van der Waals surface area contributed by atoms with E-state index in [4.69, 9.17) is 6.42 Å². The van der Waals surface area contributed by atoms with Crippen molar-refractivity contribution in [3.05, 3.63) is 0 Å². The molecule has 0 aromatic rings. The predicted octanol–water partition coefficient (Wildman–Crippen LogP) is 7.84. The largest absolute Gasteiger partial charge is 1.00 e. The van der Waals surface area contributed by atoms with Gasteiger partial charge in [0.2, 0.25) is 4.05 Å². The number of alkyl halides is 1. The van der Waals surface area contributed by atoms with Crippen LogP contribution in [-0.4, -0.2) is 28.2 Å². The molecule has 0 saturated carbocycles. The van der Waals surface area contributed by atoms with Gasteiger partial charge in [-0.2, -0.15) is 0 Å². The molecular formula is C31H61ClIN. The Balaban J connectivity index is 0. The monoisotopic (exact) mass is 609 g/mol. The summed E-state index contributed by atoms with van der Waals surface area (Å²) in [5, 5.41) is 0. The van der Waals surface area contributed by atoms with Crippen LogP contribution in [-0.2, 0) is 0 Å². The van der Waals surface area contributed by atoms with Gasteiger partial charge in [0.15, 0.2) is 0 Å². The second-order valence-corrected chi connectivity index (χ2v) is 11.8. The molecule has 0 aromatic carbocycles. The van der Waals surface area contributed by atoms with Gasteiger partial charge < -0.3 is 16.9 Å². The first-order valence-electron chi connectivity index (χ1n) is 15.1. The molecule has 204 valence electrons. The van der Waals surface area contributed by atoms with Gasteiger partial charge in [0.25, 0.3) is 0 Å². The minimum atomic E-state index is 0. The standard InChI is InChI=1S/C31H61IN.ClH/c1-5-9-12-15-18-19-20-21-24-27-30-33(31(32)8-4,28-25-22-16-13-10-6-2)29-26-23-17-14-11-7-3;/h4,31H,5-7,9-30H2,1-3H3;1H/q+1;/p-1. The van der Waals surface area contributed by atoms with Crippen LogP contribution < -0.4 is 12.4 Å². The van der Waals surface area contributed by atoms with Crippen LogP contribution in [0.15, 0.2) is 0 Å². The maximum absolute atomic E-state index is 6.04. The summed E-state index contributed by atoms with van der Waals surface area (Å²) < 4.78 is 1.53. The van der Waals surface area contributed by atoms with E-state index in [0.717, 1.165) is 0 Å². The fraction of sp³-hybridized carbons (Fsp3) is 0.935. The zero-order valence-electron chi connectivity index (χ0n) is 23.5. The number of nitrogens with zero attached hydrogens (tertiary/aromatic N) is 1. The summed E-state index contributed by atoms with van der Waals surface area (Å²) in [5.74, 6) is 3.17. The van der Waals surface area contributed by atoms with Crippen molar-refractivity contribution in [2.24, 2.45) is 0 Å². The molecule has 0 rings (SSSR count). The van der Waals surface area contributed by atoms with E-state index in [1.807, 2.05) is 0 Å². The molecule has 0 saturated heterocycles. The van der Waals surface area contributed by atoms with Crippen molar-refractivity contribution < 1.29 is 16.9 Å². The predicted molar refractivity (Wildman–Crippen MR) is 160 cm³/mol. The van der Waals surface area contributed by atoms with E-state index in [2.05, 4.69) is 49.3 Å². The number of terminal acetylenes is 1. The van der Waals surface area contributed by atoms with Crippen molar-refractivity contribution in [2.75, 3.05) is 19.6 Å². The van der Waals surface area contributed by atoms with Gasteiger partial charge in [-0.15, -0.1) is 6.42 Å². The lowest BCUT2D eigenvalue weighted by molar-refractivity contribution is -0.927. The molecule has 0 spiro atoms. The third-order valence-corrected chi connectivity index (χ3v) is 9.03. The maximum Gasteiger partial charge on any atom is 0.200 e. The normalized spacial score (nSPS) is 12.3. The lowest BCUT2D eigenvalue weighted by Crippen LogP contribution is -3.00. The summed E-state index contributed by atoms with van der Waals surface area (Å²) in [6.45, 7) is 10.8. The van der Waals surface area contributed by atoms with Crippen LogP contribution in [0, 0.1) is 12.3 Å². The van der Waals surface area contributed by atoms with Gasteiger partial charge in [0.1, 0.15) is 0 Å². The molecule has 0 radical (unpaired) electrons. The van der Waals surface area contributed by atoms with Crippen molar-refractivity contribution in [1.29, 1.82) is 0 Å². The molecule has 0 aromatic heterocycles. The number of hydrogen-bond donors (Lipinski definition) is 0. The third kappa shape index (κ3) is 20.7. The number of rotatable bonds is 26. The van der Waals surface area contributed by atoms with Crippen LogP contribution in [0.25, 0.3) is 0 Å². The Morgan fingerprint density at radius 3 is 0.971 bits per heavy atom. The van der Waals surface area contributed by atoms with Gasteiger partial charge in [-0.3, -0.25) is 0 Å². The van der Waals surface area contributed by atoms with Crippen LogP contribution in [0.4, 0.5) is 0 Å². The SMILES string of the molecule is C#CC(I)[N+](CCCCCCCC)(CCCCCCCC)CCCCCCCCCCCC.[Cl-]. The number of unbranched alkanes of at least 4 members (excludes halogenated alkanes) is 19. The lowest BCUT2D eigenvalue weighted by atomic mass is 10.0. The highest BCUT2D eigenvalue weighted by atomic mass is 127. The van der Waals surface area contributed by atoms with E-state index in [9.17, 15) is 0 Å². The average Bonchev–Trinajstić information content (AvgIpc) is 2.83. The minimum absolute atomic E-state index is 0. The van der Waals surface area contributed by atoms with Gasteiger partial charge in [0, 0.05) is 22.6 Å². The van der Waals surface area contributed by atoms with Crippen molar-refractivity contribution in [2.45, 2.75) is 166 Å². The first-order valence-corrected chi connectivity index (χ1v) is 16.4. The summed E-state index contributed by atoms with van der Waals surface area (Å²) in [6, 6.07) is 0. The molecule has 1 atom stereocenters. The van der Waals surface area contributed by atoms with E-state index in [1.54, 1.807) is 0 Å². The molecule has 0 aliphatic rings. The zero-order valence-corrected chi connectivity index (χ0v) is 26.4. The number of hydrogen-bond acceptors (Lipinski definition) is 0. The van der Waals surface area contributed by atoms with Crippen molar-refractivity contribution in [1.82, 2.24) is 0 Å². The first-order chi connectivity index (χ1) is 16.2. The molecule has 0 aliphatic carbocycles. The summed E-state index contributed by atoms with van der Waals surface area (Å²) in [7, 11) is 0. The van der Waals surface area contributed by atoms with Crippen molar-refractivity contribution in [3.63, 3.8) is 0 Å². The molecule has 0 N–H and O–H groups in total. The summed E-state index contributed by atoms with van der Waals surface area (Å²) >= 11 is 2.60. The fourth-order valence-electron chi connectivity index (χ4n) is 5.16. The second kappa shape index (κ2) is 28.1. The molecule has 0 amide bonds. The Morgan fingerprint density at radius 2 is 0.735 bits per heavy atom. The number of halogens is 2.